The van der Waals surface area contributed by atoms with E-state index in [9.17, 15) is 4.79 Å². The van der Waals surface area contributed by atoms with Gasteiger partial charge in [-0.3, -0.25) is 9.48 Å². The van der Waals surface area contributed by atoms with E-state index in [0.717, 1.165) is 51.6 Å². The summed E-state index contributed by atoms with van der Waals surface area (Å²) in [6, 6.07) is 3.86. The summed E-state index contributed by atoms with van der Waals surface area (Å²) in [5, 5.41) is 15.0. The molecule has 1 fully saturated rings. The number of nitrogens with zero attached hydrogens (tertiary/aromatic N) is 8. The first-order valence-electron chi connectivity index (χ1n) is 11.3. The zero-order valence-electron chi connectivity index (χ0n) is 19.0. The molecule has 0 spiro atoms. The Morgan fingerprint density at radius 3 is 2.88 bits per heavy atom. The molecule has 0 bridgehead atoms. The van der Waals surface area contributed by atoms with Crippen molar-refractivity contribution in [1.82, 2.24) is 38.9 Å². The molecule has 0 saturated carbocycles. The molecule has 1 atom stereocenters. The van der Waals surface area contributed by atoms with Crippen LogP contribution in [0.1, 0.15) is 41.9 Å². The monoisotopic (exact) mass is 476 g/mol. The van der Waals surface area contributed by atoms with Gasteiger partial charge in [0, 0.05) is 38.5 Å². The van der Waals surface area contributed by atoms with Crippen LogP contribution in [0.4, 0.5) is 0 Å². The number of hydrogen-bond donors (Lipinski definition) is 0. The minimum atomic E-state index is -0.150. The van der Waals surface area contributed by atoms with E-state index in [0.29, 0.717) is 12.1 Å². The lowest BCUT2D eigenvalue weighted by atomic mass is 10.2. The van der Waals surface area contributed by atoms with E-state index in [4.69, 9.17) is 9.72 Å². The molecule has 5 aromatic heterocycles. The van der Waals surface area contributed by atoms with Crippen LogP contribution in [0.5, 0.6) is 0 Å². The molecule has 5 aromatic rings. The van der Waals surface area contributed by atoms with E-state index in [1.54, 1.807) is 22.2 Å². The summed E-state index contributed by atoms with van der Waals surface area (Å²) < 4.78 is 13.7. The molecule has 0 radical (unpaired) electrons. The molecule has 11 heteroatoms. The number of rotatable bonds is 5. The maximum atomic E-state index is 13.1. The summed E-state index contributed by atoms with van der Waals surface area (Å²) in [7, 11) is 3.72. The van der Waals surface area contributed by atoms with Gasteiger partial charge in [-0.15, -0.1) is 11.3 Å². The predicted molar refractivity (Wildman–Crippen MR) is 130 cm³/mol. The second kappa shape index (κ2) is 8.33. The van der Waals surface area contributed by atoms with Crippen LogP contribution in [-0.4, -0.2) is 45.5 Å². The van der Waals surface area contributed by atoms with Gasteiger partial charge in [0.15, 0.2) is 5.65 Å². The normalized spacial score (nSPS) is 16.9. The van der Waals surface area contributed by atoms with Gasteiger partial charge in [-0.05, 0) is 43.5 Å². The molecule has 1 aliphatic heterocycles. The second-order valence-electron chi connectivity index (χ2n) is 8.49. The van der Waals surface area contributed by atoms with Crippen molar-refractivity contribution in [2.75, 3.05) is 6.61 Å². The average Bonchev–Trinajstić information content (AvgIpc) is 3.62. The largest absolute Gasteiger partial charge is 0.357 e. The van der Waals surface area contributed by atoms with Crippen LogP contribution in [0.3, 0.4) is 0 Å². The minimum Gasteiger partial charge on any atom is -0.357 e. The topological polar surface area (TPSA) is 97.6 Å². The van der Waals surface area contributed by atoms with Gasteiger partial charge in [0.2, 0.25) is 0 Å². The SMILES string of the molecule is Cn1ccc(Cn2ncc3c4sc(/C=C/c5ccn(C6CCCCO6)n5)nc4n(C)c3c2=O)n1. The van der Waals surface area contributed by atoms with Crippen molar-refractivity contribution in [1.29, 1.82) is 0 Å². The number of aromatic nitrogens is 8. The van der Waals surface area contributed by atoms with Crippen LogP contribution in [0.2, 0.25) is 0 Å². The summed E-state index contributed by atoms with van der Waals surface area (Å²) >= 11 is 1.54. The molecule has 0 aliphatic carbocycles. The van der Waals surface area contributed by atoms with Crippen molar-refractivity contribution in [3.05, 3.63) is 57.5 Å². The average molecular weight is 477 g/mol. The molecule has 0 N–H and O–H groups in total. The van der Waals surface area contributed by atoms with Gasteiger partial charge in [-0.1, -0.05) is 0 Å². The minimum absolute atomic E-state index is 0.0268. The Hall–Kier alpha value is -3.57. The molecule has 1 unspecified atom stereocenters. The van der Waals surface area contributed by atoms with Crippen LogP contribution in [0.15, 0.2) is 35.5 Å². The molecule has 0 aromatic carbocycles. The second-order valence-corrected chi connectivity index (χ2v) is 9.52. The van der Waals surface area contributed by atoms with Crippen molar-refractivity contribution in [3.63, 3.8) is 0 Å². The maximum Gasteiger partial charge on any atom is 0.291 e. The molecule has 34 heavy (non-hydrogen) atoms. The lowest BCUT2D eigenvalue weighted by Gasteiger charge is -2.22. The molecule has 1 saturated heterocycles. The quantitative estimate of drug-likeness (QED) is 0.386. The molecule has 1 aliphatic rings. The van der Waals surface area contributed by atoms with E-state index >= 15 is 0 Å². The van der Waals surface area contributed by atoms with Gasteiger partial charge in [0.25, 0.3) is 5.56 Å². The molecule has 10 nitrogen and oxygen atoms in total. The highest BCUT2D eigenvalue weighted by atomic mass is 32.1. The lowest BCUT2D eigenvalue weighted by Crippen LogP contribution is -2.24. The van der Waals surface area contributed by atoms with Crippen LogP contribution < -0.4 is 5.56 Å². The summed E-state index contributed by atoms with van der Waals surface area (Å²) in [5.41, 5.74) is 2.87. The summed E-state index contributed by atoms with van der Waals surface area (Å²) in [4.78, 5) is 17.9. The van der Waals surface area contributed by atoms with Crippen molar-refractivity contribution < 1.29 is 4.74 Å². The molecular weight excluding hydrogens is 452 g/mol. The molecule has 174 valence electrons. The summed E-state index contributed by atoms with van der Waals surface area (Å²) in [5.74, 6) is 0. The van der Waals surface area contributed by atoms with Gasteiger partial charge >= 0.3 is 0 Å². The van der Waals surface area contributed by atoms with E-state index < -0.39 is 0 Å². The van der Waals surface area contributed by atoms with Crippen molar-refractivity contribution in [2.45, 2.75) is 32.0 Å². The Balaban J connectivity index is 1.29. The Kier molecular flexibility index (Phi) is 5.15. The zero-order valence-corrected chi connectivity index (χ0v) is 19.8. The Morgan fingerprint density at radius 2 is 2.09 bits per heavy atom. The summed E-state index contributed by atoms with van der Waals surface area (Å²) in [6.07, 6.45) is 12.8. The lowest BCUT2D eigenvalue weighted by molar-refractivity contribution is -0.0395. The smallest absolute Gasteiger partial charge is 0.291 e. The fraction of sp³-hybridized carbons (Fsp3) is 0.348. The number of hydrogen-bond acceptors (Lipinski definition) is 7. The van der Waals surface area contributed by atoms with E-state index in [-0.39, 0.29) is 11.8 Å². The third kappa shape index (κ3) is 3.66. The van der Waals surface area contributed by atoms with Crippen LogP contribution in [0.25, 0.3) is 33.4 Å². The van der Waals surface area contributed by atoms with Crippen molar-refractivity contribution in [3.8, 4) is 0 Å². The van der Waals surface area contributed by atoms with Crippen molar-refractivity contribution >= 4 is 44.7 Å². The molecule has 0 amide bonds. The first kappa shape index (κ1) is 21.0. The highest BCUT2D eigenvalue weighted by Crippen LogP contribution is 2.31. The molecule has 6 heterocycles. The van der Waals surface area contributed by atoms with E-state index in [1.807, 2.05) is 60.0 Å². The van der Waals surface area contributed by atoms with Crippen LogP contribution in [-0.2, 0) is 25.4 Å². The van der Waals surface area contributed by atoms with Gasteiger partial charge in [-0.25, -0.2) is 14.3 Å². The van der Waals surface area contributed by atoms with Crippen molar-refractivity contribution in [2.24, 2.45) is 14.1 Å². The highest BCUT2D eigenvalue weighted by Gasteiger charge is 2.18. The number of fused-ring (bicyclic) bond motifs is 3. The standard InChI is InChI=1S/C23H24N8O2S/c1-28-10-8-16(26-28)14-31-23(32)20-17(13-24-31)21-22(29(20)2)25-18(34-21)7-6-15-9-11-30(27-15)19-5-3-4-12-33-19/h6-11,13,19H,3-5,12,14H2,1-2H3/b7-6+. The van der Waals surface area contributed by atoms with Gasteiger partial charge < -0.3 is 9.30 Å². The first-order chi connectivity index (χ1) is 16.6. The van der Waals surface area contributed by atoms with Gasteiger partial charge in [0.1, 0.15) is 16.8 Å². The first-order valence-corrected chi connectivity index (χ1v) is 12.1. The van der Waals surface area contributed by atoms with Gasteiger partial charge in [-0.2, -0.15) is 15.3 Å². The third-order valence-electron chi connectivity index (χ3n) is 6.10. The predicted octanol–water partition coefficient (Wildman–Crippen LogP) is 3.19. The Bertz CT molecular complexity index is 1580. The Morgan fingerprint density at radius 1 is 1.18 bits per heavy atom. The van der Waals surface area contributed by atoms with Gasteiger partial charge in [0.05, 0.1) is 28.8 Å². The summed E-state index contributed by atoms with van der Waals surface area (Å²) in [6.45, 7) is 1.12. The highest BCUT2D eigenvalue weighted by molar-refractivity contribution is 7.20. The van der Waals surface area contributed by atoms with E-state index in [1.165, 1.54) is 11.1 Å². The Labute approximate surface area is 198 Å². The molecular formula is C23H24N8O2S. The van der Waals surface area contributed by atoms with Crippen LogP contribution >= 0.6 is 11.3 Å². The number of thiazole rings is 1. The zero-order chi connectivity index (χ0) is 23.2. The number of aryl methyl sites for hydroxylation is 2. The number of ether oxygens (including phenoxy) is 1. The van der Waals surface area contributed by atoms with Crippen LogP contribution in [0, 0.1) is 0 Å². The maximum absolute atomic E-state index is 13.1. The third-order valence-corrected chi connectivity index (χ3v) is 7.14. The molecule has 6 rings (SSSR count). The van der Waals surface area contributed by atoms with E-state index in [2.05, 4.69) is 15.3 Å². The fourth-order valence-electron chi connectivity index (χ4n) is 4.38. The fourth-order valence-corrected chi connectivity index (χ4v) is 5.39.